The normalized spacial score (nSPS) is 14.6. The minimum Gasteiger partial charge on any atom is -0.314 e. The van der Waals surface area contributed by atoms with Crippen LogP contribution in [0.1, 0.15) is 18.1 Å². The van der Waals surface area contributed by atoms with Crippen LogP contribution in [0.25, 0.3) is 0 Å². The molecule has 0 aromatic carbocycles. The summed E-state index contributed by atoms with van der Waals surface area (Å²) >= 11 is 5.75. The van der Waals surface area contributed by atoms with Gasteiger partial charge in [-0.1, -0.05) is 11.6 Å². The summed E-state index contributed by atoms with van der Waals surface area (Å²) in [6, 6.07) is 2.76. The number of nitrogens with zero attached hydrogens (tertiary/aromatic N) is 5. The largest absolute Gasteiger partial charge is 0.314 e. The third kappa shape index (κ3) is 2.66. The zero-order valence-electron chi connectivity index (χ0n) is 11.4. The fourth-order valence-electron chi connectivity index (χ4n) is 2.34. The summed E-state index contributed by atoms with van der Waals surface area (Å²) in [4.78, 5) is 3.91. The van der Waals surface area contributed by atoms with E-state index in [4.69, 9.17) is 11.6 Å². The molecule has 0 N–H and O–H groups in total. The van der Waals surface area contributed by atoms with E-state index in [9.17, 15) is 8.42 Å². The zero-order chi connectivity index (χ0) is 15.0. The van der Waals surface area contributed by atoms with Crippen molar-refractivity contribution in [1.29, 1.82) is 0 Å². The molecule has 0 bridgehead atoms. The monoisotopic (exact) mass is 327 g/mol. The summed E-state index contributed by atoms with van der Waals surface area (Å²) in [7, 11) is -2.11. The molecule has 7 nitrogen and oxygen atoms in total. The van der Waals surface area contributed by atoms with E-state index in [2.05, 4.69) is 15.2 Å². The van der Waals surface area contributed by atoms with Crippen molar-refractivity contribution in [3.63, 3.8) is 0 Å². The van der Waals surface area contributed by atoms with Gasteiger partial charge in [0.25, 0.3) is 0 Å². The Morgan fingerprint density at radius 1 is 1.43 bits per heavy atom. The first kappa shape index (κ1) is 14.4. The first-order valence-electron chi connectivity index (χ1n) is 6.47. The van der Waals surface area contributed by atoms with Crippen molar-refractivity contribution >= 4 is 21.6 Å². The van der Waals surface area contributed by atoms with Gasteiger partial charge in [0.2, 0.25) is 10.0 Å². The van der Waals surface area contributed by atoms with Gasteiger partial charge in [-0.2, -0.15) is 4.31 Å². The van der Waals surface area contributed by atoms with Crippen molar-refractivity contribution in [2.24, 2.45) is 0 Å². The summed E-state index contributed by atoms with van der Waals surface area (Å²) in [5.74, 6) is 1.58. The first-order valence-corrected chi connectivity index (χ1v) is 8.29. The van der Waals surface area contributed by atoms with Gasteiger partial charge < -0.3 is 4.57 Å². The van der Waals surface area contributed by atoms with Gasteiger partial charge in [-0.15, -0.1) is 10.2 Å². The lowest BCUT2D eigenvalue weighted by atomic mass is 10.4. The van der Waals surface area contributed by atoms with Gasteiger partial charge in [0, 0.05) is 26.2 Å². The molecule has 3 rings (SSSR count). The molecular weight excluding hydrogens is 314 g/mol. The van der Waals surface area contributed by atoms with Crippen LogP contribution in [0.2, 0.25) is 5.15 Å². The van der Waals surface area contributed by atoms with Crippen LogP contribution in [0.5, 0.6) is 0 Å². The smallest absolute Gasteiger partial charge is 0.243 e. The standard InChI is InChI=1S/C12H14ClN5O2S/c1-17(8-12-16-15-11-3-2-6-18(11)12)21(19,20)9-4-5-14-10(13)7-9/h4-5,7H,2-3,6,8H2,1H3. The molecule has 2 aromatic heterocycles. The van der Waals surface area contributed by atoms with Crippen molar-refractivity contribution in [3.8, 4) is 0 Å². The summed E-state index contributed by atoms with van der Waals surface area (Å²) in [5, 5.41) is 8.30. The van der Waals surface area contributed by atoms with E-state index >= 15 is 0 Å². The molecule has 112 valence electrons. The number of pyridine rings is 1. The Morgan fingerprint density at radius 3 is 3.00 bits per heavy atom. The van der Waals surface area contributed by atoms with Gasteiger partial charge in [-0.25, -0.2) is 13.4 Å². The highest BCUT2D eigenvalue weighted by Crippen LogP contribution is 2.20. The van der Waals surface area contributed by atoms with Gasteiger partial charge in [0.05, 0.1) is 11.4 Å². The molecule has 9 heteroatoms. The molecule has 0 radical (unpaired) electrons. The van der Waals surface area contributed by atoms with E-state index in [0.29, 0.717) is 5.82 Å². The number of aryl methyl sites for hydroxylation is 1. The molecule has 0 saturated heterocycles. The molecule has 0 spiro atoms. The van der Waals surface area contributed by atoms with E-state index < -0.39 is 10.0 Å². The van der Waals surface area contributed by atoms with Crippen molar-refractivity contribution in [3.05, 3.63) is 35.1 Å². The van der Waals surface area contributed by atoms with Crippen LogP contribution in [-0.2, 0) is 29.5 Å². The highest BCUT2D eigenvalue weighted by atomic mass is 35.5. The predicted molar refractivity (Wildman–Crippen MR) is 76.2 cm³/mol. The maximum atomic E-state index is 12.5. The van der Waals surface area contributed by atoms with E-state index in [1.54, 1.807) is 0 Å². The summed E-state index contributed by atoms with van der Waals surface area (Å²) in [5.41, 5.74) is 0. The van der Waals surface area contributed by atoms with E-state index in [1.165, 1.54) is 29.7 Å². The van der Waals surface area contributed by atoms with Crippen LogP contribution < -0.4 is 0 Å². The quantitative estimate of drug-likeness (QED) is 0.785. The average Bonchev–Trinajstić information content (AvgIpc) is 3.03. The second-order valence-electron chi connectivity index (χ2n) is 4.86. The average molecular weight is 328 g/mol. The maximum Gasteiger partial charge on any atom is 0.243 e. The Labute approximate surface area is 127 Å². The Kier molecular flexibility index (Phi) is 3.68. The van der Waals surface area contributed by atoms with Gasteiger partial charge >= 0.3 is 0 Å². The second kappa shape index (κ2) is 5.36. The molecule has 3 heterocycles. The molecule has 0 amide bonds. The predicted octanol–water partition coefficient (Wildman–Crippen LogP) is 1.09. The van der Waals surface area contributed by atoms with E-state index in [-0.39, 0.29) is 16.6 Å². The summed E-state index contributed by atoms with van der Waals surface area (Å²) in [6.07, 6.45) is 3.29. The van der Waals surface area contributed by atoms with Crippen molar-refractivity contribution < 1.29 is 8.42 Å². The molecule has 0 saturated carbocycles. The minimum atomic E-state index is -3.63. The van der Waals surface area contributed by atoms with Crippen LogP contribution in [0.3, 0.4) is 0 Å². The van der Waals surface area contributed by atoms with Gasteiger partial charge in [-0.05, 0) is 18.6 Å². The number of rotatable bonds is 4. The molecule has 0 atom stereocenters. The molecule has 0 aliphatic carbocycles. The molecular formula is C12H14ClN5O2S. The third-order valence-corrected chi connectivity index (χ3v) is 5.46. The van der Waals surface area contributed by atoms with E-state index in [1.807, 2.05) is 4.57 Å². The number of sulfonamides is 1. The van der Waals surface area contributed by atoms with Crippen LogP contribution in [0, 0.1) is 0 Å². The Balaban J connectivity index is 1.85. The molecule has 0 unspecified atom stereocenters. The lowest BCUT2D eigenvalue weighted by Gasteiger charge is -2.16. The Hall–Kier alpha value is -1.51. The van der Waals surface area contributed by atoms with Gasteiger partial charge in [-0.3, -0.25) is 0 Å². The zero-order valence-corrected chi connectivity index (χ0v) is 13.0. The third-order valence-electron chi connectivity index (χ3n) is 3.46. The number of hydrogen-bond donors (Lipinski definition) is 0. The van der Waals surface area contributed by atoms with Crippen LogP contribution >= 0.6 is 11.6 Å². The van der Waals surface area contributed by atoms with E-state index in [0.717, 1.165) is 25.2 Å². The number of hydrogen-bond acceptors (Lipinski definition) is 5. The topological polar surface area (TPSA) is 81.0 Å². The highest BCUT2D eigenvalue weighted by molar-refractivity contribution is 7.89. The maximum absolute atomic E-state index is 12.5. The lowest BCUT2D eigenvalue weighted by Crippen LogP contribution is -2.28. The molecule has 1 aliphatic heterocycles. The SMILES string of the molecule is CN(Cc1nnc2n1CCC2)S(=O)(=O)c1ccnc(Cl)c1. The molecule has 0 fully saturated rings. The van der Waals surface area contributed by atoms with Gasteiger partial charge in [0.15, 0.2) is 0 Å². The number of halogens is 1. The fraction of sp³-hybridized carbons (Fsp3) is 0.417. The molecule has 2 aromatic rings. The first-order chi connectivity index (χ1) is 9.98. The Morgan fingerprint density at radius 2 is 2.24 bits per heavy atom. The molecule has 1 aliphatic rings. The summed E-state index contributed by atoms with van der Waals surface area (Å²) in [6.45, 7) is 1.02. The minimum absolute atomic E-state index is 0.117. The summed E-state index contributed by atoms with van der Waals surface area (Å²) < 4.78 is 28.2. The fourth-order valence-corrected chi connectivity index (χ4v) is 3.71. The lowest BCUT2D eigenvalue weighted by molar-refractivity contribution is 0.447. The highest BCUT2D eigenvalue weighted by Gasteiger charge is 2.25. The van der Waals surface area contributed by atoms with Crippen molar-refractivity contribution in [1.82, 2.24) is 24.1 Å². The molecule has 21 heavy (non-hydrogen) atoms. The van der Waals surface area contributed by atoms with Crippen molar-refractivity contribution in [2.45, 2.75) is 30.8 Å². The second-order valence-corrected chi connectivity index (χ2v) is 7.30. The Bertz CT molecular complexity index is 774. The number of aromatic nitrogens is 4. The van der Waals surface area contributed by atoms with Gasteiger partial charge in [0.1, 0.15) is 16.8 Å². The number of fused-ring (bicyclic) bond motifs is 1. The van der Waals surface area contributed by atoms with Crippen molar-refractivity contribution in [2.75, 3.05) is 7.05 Å². The van der Waals surface area contributed by atoms with Crippen LogP contribution in [-0.4, -0.2) is 39.5 Å². The van der Waals surface area contributed by atoms with Crippen LogP contribution in [0.4, 0.5) is 0 Å². The van der Waals surface area contributed by atoms with Crippen LogP contribution in [0.15, 0.2) is 23.2 Å².